The van der Waals surface area contributed by atoms with Crippen LogP contribution < -0.4 is 4.90 Å². The average molecular weight is 766 g/mol. The van der Waals surface area contributed by atoms with E-state index in [1.54, 1.807) is 0 Å². The SMILES string of the molecule is CC1(C)c2ccccc2-c2ccc(N(c3ccc(-c4ccc(-c5ccccc5)cc4)cc3)c3c(-c4ccc(-c5ccccc5)cc4)c4ccccc4c4ccccc34)cc21. The molecule has 1 heteroatoms. The Hall–Kier alpha value is -7.48. The molecular weight excluding hydrogens is 723 g/mol. The molecule has 0 aliphatic heterocycles. The van der Waals surface area contributed by atoms with Gasteiger partial charge in [0.05, 0.1) is 5.69 Å². The molecule has 0 radical (unpaired) electrons. The Morgan fingerprint density at radius 3 is 1.28 bits per heavy atom. The number of hydrogen-bond acceptors (Lipinski definition) is 1. The average Bonchev–Trinajstić information content (AvgIpc) is 3.55. The minimum atomic E-state index is -0.148. The lowest BCUT2D eigenvalue weighted by Crippen LogP contribution is -2.17. The van der Waals surface area contributed by atoms with Gasteiger partial charge in [0.1, 0.15) is 0 Å². The Kier molecular flexibility index (Phi) is 8.57. The molecule has 0 amide bonds. The molecule has 1 aliphatic rings. The fourth-order valence-corrected chi connectivity index (χ4v) is 9.63. The van der Waals surface area contributed by atoms with Crippen molar-refractivity contribution in [1.82, 2.24) is 0 Å². The zero-order valence-corrected chi connectivity index (χ0v) is 33.8. The van der Waals surface area contributed by atoms with Crippen LogP contribution in [0, 0.1) is 0 Å². The molecule has 0 spiro atoms. The number of nitrogens with zero attached hydrogens (tertiary/aromatic N) is 1. The molecule has 60 heavy (non-hydrogen) atoms. The highest BCUT2D eigenvalue weighted by Gasteiger charge is 2.36. The molecule has 0 fully saturated rings. The van der Waals surface area contributed by atoms with Crippen molar-refractivity contribution in [2.45, 2.75) is 19.3 Å². The van der Waals surface area contributed by atoms with Gasteiger partial charge >= 0.3 is 0 Å². The van der Waals surface area contributed by atoms with E-state index in [9.17, 15) is 0 Å². The van der Waals surface area contributed by atoms with Gasteiger partial charge in [0.25, 0.3) is 0 Å². The van der Waals surface area contributed by atoms with Crippen LogP contribution in [0.25, 0.3) is 77.2 Å². The van der Waals surface area contributed by atoms with Gasteiger partial charge in [-0.3, -0.25) is 0 Å². The number of anilines is 3. The van der Waals surface area contributed by atoms with Crippen LogP contribution in [0.2, 0.25) is 0 Å². The highest BCUT2D eigenvalue weighted by molar-refractivity contribution is 6.22. The second-order valence-corrected chi connectivity index (χ2v) is 16.5. The van der Waals surface area contributed by atoms with E-state index < -0.39 is 0 Å². The van der Waals surface area contributed by atoms with E-state index in [1.807, 2.05) is 0 Å². The monoisotopic (exact) mass is 765 g/mol. The van der Waals surface area contributed by atoms with E-state index >= 15 is 0 Å². The molecule has 10 aromatic carbocycles. The Morgan fingerprint density at radius 1 is 0.300 bits per heavy atom. The maximum absolute atomic E-state index is 2.52. The van der Waals surface area contributed by atoms with Gasteiger partial charge < -0.3 is 4.90 Å². The Balaban J connectivity index is 1.14. The first-order chi connectivity index (χ1) is 29.5. The Bertz CT molecular complexity index is 3180. The van der Waals surface area contributed by atoms with Gasteiger partial charge in [-0.15, -0.1) is 0 Å². The smallest absolute Gasteiger partial charge is 0.0624 e. The summed E-state index contributed by atoms with van der Waals surface area (Å²) in [7, 11) is 0. The van der Waals surface area contributed by atoms with E-state index in [1.165, 1.54) is 94.0 Å². The summed E-state index contributed by atoms with van der Waals surface area (Å²) in [5.41, 5.74) is 18.3. The van der Waals surface area contributed by atoms with Crippen molar-refractivity contribution >= 4 is 38.6 Å². The summed E-state index contributed by atoms with van der Waals surface area (Å²) in [6, 6.07) is 82.5. The molecule has 0 unspecified atom stereocenters. The molecule has 0 heterocycles. The summed E-state index contributed by atoms with van der Waals surface area (Å²) in [5, 5.41) is 4.93. The summed E-state index contributed by atoms with van der Waals surface area (Å²) in [5.74, 6) is 0. The first-order valence-electron chi connectivity index (χ1n) is 20.9. The second-order valence-electron chi connectivity index (χ2n) is 16.5. The molecule has 0 saturated heterocycles. The molecule has 1 aliphatic carbocycles. The van der Waals surface area contributed by atoms with Crippen molar-refractivity contribution in [2.75, 3.05) is 4.90 Å². The van der Waals surface area contributed by atoms with Crippen LogP contribution in [0.3, 0.4) is 0 Å². The molecular formula is C59H43N. The highest BCUT2D eigenvalue weighted by Crippen LogP contribution is 2.53. The molecule has 0 atom stereocenters. The van der Waals surface area contributed by atoms with Crippen LogP contribution in [-0.2, 0) is 5.41 Å². The fourth-order valence-electron chi connectivity index (χ4n) is 9.63. The molecule has 11 rings (SSSR count). The van der Waals surface area contributed by atoms with Crippen molar-refractivity contribution < 1.29 is 0 Å². The lowest BCUT2D eigenvalue weighted by atomic mass is 9.82. The summed E-state index contributed by atoms with van der Waals surface area (Å²) in [6.45, 7) is 4.74. The predicted molar refractivity (Wildman–Crippen MR) is 255 cm³/mol. The van der Waals surface area contributed by atoms with Crippen molar-refractivity contribution in [3.63, 3.8) is 0 Å². The van der Waals surface area contributed by atoms with Crippen LogP contribution in [0.5, 0.6) is 0 Å². The third-order valence-corrected chi connectivity index (χ3v) is 12.7. The Morgan fingerprint density at radius 2 is 0.700 bits per heavy atom. The zero-order valence-electron chi connectivity index (χ0n) is 33.8. The maximum atomic E-state index is 2.52. The normalized spacial score (nSPS) is 12.6. The van der Waals surface area contributed by atoms with Crippen LogP contribution in [0.1, 0.15) is 25.0 Å². The van der Waals surface area contributed by atoms with Crippen molar-refractivity contribution in [2.24, 2.45) is 0 Å². The minimum absolute atomic E-state index is 0.148. The molecule has 0 aromatic heterocycles. The van der Waals surface area contributed by atoms with Crippen LogP contribution >= 0.6 is 0 Å². The first-order valence-corrected chi connectivity index (χ1v) is 20.9. The predicted octanol–water partition coefficient (Wildman–Crippen LogP) is 16.4. The summed E-state index contributed by atoms with van der Waals surface area (Å²) < 4.78 is 0. The van der Waals surface area contributed by atoms with Gasteiger partial charge in [0.15, 0.2) is 0 Å². The van der Waals surface area contributed by atoms with Crippen LogP contribution in [0.15, 0.2) is 224 Å². The molecule has 0 N–H and O–H groups in total. The molecule has 10 aromatic rings. The van der Waals surface area contributed by atoms with Gasteiger partial charge in [-0.25, -0.2) is 0 Å². The number of fused-ring (bicyclic) bond motifs is 6. The van der Waals surface area contributed by atoms with Gasteiger partial charge in [-0.2, -0.15) is 0 Å². The van der Waals surface area contributed by atoms with E-state index in [-0.39, 0.29) is 5.41 Å². The Labute approximate surface area is 352 Å². The van der Waals surface area contributed by atoms with Gasteiger partial charge in [-0.1, -0.05) is 214 Å². The second kappa shape index (κ2) is 14.4. The maximum Gasteiger partial charge on any atom is 0.0624 e. The van der Waals surface area contributed by atoms with Crippen molar-refractivity contribution in [3.05, 3.63) is 236 Å². The van der Waals surface area contributed by atoms with E-state index in [4.69, 9.17) is 0 Å². The van der Waals surface area contributed by atoms with Gasteiger partial charge in [0.2, 0.25) is 0 Å². The zero-order chi connectivity index (χ0) is 40.2. The van der Waals surface area contributed by atoms with E-state index in [0.29, 0.717) is 0 Å². The number of rotatable bonds is 7. The fraction of sp³-hybridized carbons (Fsp3) is 0.0508. The summed E-state index contributed by atoms with van der Waals surface area (Å²) in [6.07, 6.45) is 0. The summed E-state index contributed by atoms with van der Waals surface area (Å²) >= 11 is 0. The molecule has 284 valence electrons. The van der Waals surface area contributed by atoms with Gasteiger partial charge in [0, 0.05) is 27.7 Å². The molecule has 1 nitrogen and oxygen atoms in total. The van der Waals surface area contributed by atoms with Crippen LogP contribution in [0.4, 0.5) is 17.1 Å². The highest BCUT2D eigenvalue weighted by atomic mass is 15.1. The van der Waals surface area contributed by atoms with Crippen LogP contribution in [-0.4, -0.2) is 0 Å². The van der Waals surface area contributed by atoms with E-state index in [0.717, 1.165) is 11.4 Å². The molecule has 0 saturated carbocycles. The quantitative estimate of drug-likeness (QED) is 0.146. The number of hydrogen-bond donors (Lipinski definition) is 0. The van der Waals surface area contributed by atoms with Crippen molar-refractivity contribution in [3.8, 4) is 55.6 Å². The standard InChI is InChI=1S/C59H43N/c1-59(2)55-24-14-13-21-51(55)52-38-37-48(39-56(52)59)60(47-35-33-45(34-36-47)44-27-25-42(26-28-44)40-15-5-3-6-16-40)58-54-23-12-10-20-50(54)49-19-9-11-22-53(49)57(58)46-31-29-43(30-32-46)41-17-7-4-8-18-41/h3-39H,1-2H3. The number of benzene rings is 10. The van der Waals surface area contributed by atoms with E-state index in [2.05, 4.69) is 243 Å². The minimum Gasteiger partial charge on any atom is -0.309 e. The third kappa shape index (κ3) is 5.93. The molecule has 0 bridgehead atoms. The summed E-state index contributed by atoms with van der Waals surface area (Å²) in [4.78, 5) is 2.52. The van der Waals surface area contributed by atoms with Crippen molar-refractivity contribution in [1.29, 1.82) is 0 Å². The van der Waals surface area contributed by atoms with Gasteiger partial charge in [-0.05, 0) is 102 Å². The lowest BCUT2D eigenvalue weighted by Gasteiger charge is -2.32. The topological polar surface area (TPSA) is 3.24 Å². The largest absolute Gasteiger partial charge is 0.309 e. The first kappa shape index (κ1) is 35.7. The third-order valence-electron chi connectivity index (χ3n) is 12.7. The lowest BCUT2D eigenvalue weighted by molar-refractivity contribution is 0.660.